The molecule has 1 aliphatic carbocycles. The van der Waals surface area contributed by atoms with Crippen molar-refractivity contribution in [1.82, 2.24) is 5.32 Å². The normalized spacial score (nSPS) is 28.1. The molecule has 0 aromatic rings. The number of nitrogens with one attached hydrogen (secondary N) is 1. The molecule has 5 heteroatoms. The predicted molar refractivity (Wildman–Crippen MR) is 60.7 cm³/mol. The molecule has 2 N–H and O–H groups in total. The first-order valence-corrected chi connectivity index (χ1v) is 6.39. The zero-order chi connectivity index (χ0) is 12.9. The summed E-state index contributed by atoms with van der Waals surface area (Å²) in [7, 11) is 0. The summed E-state index contributed by atoms with van der Waals surface area (Å²) in [4.78, 5) is 0. The molecule has 0 aliphatic heterocycles. The van der Waals surface area contributed by atoms with Crippen molar-refractivity contribution in [3.8, 4) is 0 Å². The summed E-state index contributed by atoms with van der Waals surface area (Å²) in [5, 5.41) is 11.5. The van der Waals surface area contributed by atoms with Crippen molar-refractivity contribution in [2.24, 2.45) is 11.8 Å². The summed E-state index contributed by atoms with van der Waals surface area (Å²) in [6, 6.07) is 0. The molecular formula is C12H22F3NO. The molecule has 0 aromatic heterocycles. The van der Waals surface area contributed by atoms with E-state index in [1.54, 1.807) is 0 Å². The van der Waals surface area contributed by atoms with E-state index in [1.807, 2.05) is 0 Å². The molecule has 0 spiro atoms. The van der Waals surface area contributed by atoms with Crippen LogP contribution in [0.15, 0.2) is 0 Å². The summed E-state index contributed by atoms with van der Waals surface area (Å²) in [5.74, 6) is 1.27. The molecule has 1 atom stereocenters. The fraction of sp³-hybridized carbons (Fsp3) is 1.00. The van der Waals surface area contributed by atoms with Gasteiger partial charge in [0.25, 0.3) is 0 Å². The van der Waals surface area contributed by atoms with Gasteiger partial charge in [0.05, 0.1) is 0 Å². The zero-order valence-corrected chi connectivity index (χ0v) is 10.3. The van der Waals surface area contributed by atoms with Crippen LogP contribution in [0.1, 0.15) is 39.0 Å². The molecule has 1 saturated carbocycles. The Balaban J connectivity index is 2.12. The van der Waals surface area contributed by atoms with E-state index < -0.39 is 18.8 Å². The quantitative estimate of drug-likeness (QED) is 0.789. The molecule has 102 valence electrons. The maximum atomic E-state index is 12.0. The number of aliphatic hydroxyl groups is 1. The maximum Gasteiger partial charge on any atom is 0.415 e. The highest BCUT2D eigenvalue weighted by Crippen LogP contribution is 2.30. The molecule has 1 rings (SSSR count). The molecule has 1 fully saturated rings. The lowest BCUT2D eigenvalue weighted by atomic mass is 9.81. The van der Waals surface area contributed by atoms with E-state index in [9.17, 15) is 13.2 Å². The first kappa shape index (κ1) is 14.8. The van der Waals surface area contributed by atoms with Crippen molar-refractivity contribution < 1.29 is 18.3 Å². The maximum absolute atomic E-state index is 12.0. The highest BCUT2D eigenvalue weighted by Gasteiger charge is 2.37. The van der Waals surface area contributed by atoms with E-state index in [-0.39, 0.29) is 0 Å². The van der Waals surface area contributed by atoms with Crippen molar-refractivity contribution in [2.75, 3.05) is 13.1 Å². The number of alkyl halides is 3. The SMILES string of the molecule is CCC1CCC(CNCC(O)C(F)(F)F)CC1. The molecule has 0 heterocycles. The summed E-state index contributed by atoms with van der Waals surface area (Å²) >= 11 is 0. The standard InChI is InChI=1S/C12H22F3NO/c1-2-9-3-5-10(6-4-9)7-16-8-11(17)12(13,14)15/h9-11,16-17H,2-8H2,1H3. The number of hydrogen-bond donors (Lipinski definition) is 2. The lowest BCUT2D eigenvalue weighted by Gasteiger charge is -2.28. The van der Waals surface area contributed by atoms with E-state index in [1.165, 1.54) is 19.3 Å². The molecular weight excluding hydrogens is 231 g/mol. The third kappa shape index (κ3) is 5.25. The average molecular weight is 253 g/mol. The highest BCUT2D eigenvalue weighted by atomic mass is 19.4. The number of aliphatic hydroxyl groups excluding tert-OH is 1. The van der Waals surface area contributed by atoms with Crippen LogP contribution in [0.25, 0.3) is 0 Å². The van der Waals surface area contributed by atoms with E-state index in [2.05, 4.69) is 12.2 Å². The molecule has 0 bridgehead atoms. The second kappa shape index (κ2) is 6.59. The summed E-state index contributed by atoms with van der Waals surface area (Å²) in [6.45, 7) is 2.38. The predicted octanol–water partition coefficient (Wildman–Crippen LogP) is 2.72. The van der Waals surface area contributed by atoms with Gasteiger partial charge in [-0.15, -0.1) is 0 Å². The van der Waals surface area contributed by atoms with Crippen LogP contribution in [-0.2, 0) is 0 Å². The Morgan fingerprint density at radius 3 is 2.18 bits per heavy atom. The monoisotopic (exact) mass is 253 g/mol. The third-order valence-corrected chi connectivity index (χ3v) is 3.69. The second-order valence-corrected chi connectivity index (χ2v) is 5.01. The van der Waals surface area contributed by atoms with E-state index in [0.29, 0.717) is 12.5 Å². The van der Waals surface area contributed by atoms with Crippen LogP contribution in [-0.4, -0.2) is 30.5 Å². The van der Waals surface area contributed by atoms with Crippen LogP contribution in [0.4, 0.5) is 13.2 Å². The van der Waals surface area contributed by atoms with Gasteiger partial charge >= 0.3 is 6.18 Å². The fourth-order valence-corrected chi connectivity index (χ4v) is 2.38. The first-order valence-electron chi connectivity index (χ1n) is 6.39. The minimum atomic E-state index is -4.51. The smallest absolute Gasteiger partial charge is 0.382 e. The minimum absolute atomic E-state index is 0.392. The summed E-state index contributed by atoms with van der Waals surface area (Å²) in [6.07, 6.45) is -0.995. The zero-order valence-electron chi connectivity index (χ0n) is 10.3. The second-order valence-electron chi connectivity index (χ2n) is 5.01. The van der Waals surface area contributed by atoms with Crippen molar-refractivity contribution >= 4 is 0 Å². The summed E-state index contributed by atoms with van der Waals surface area (Å²) in [5.41, 5.74) is 0. The van der Waals surface area contributed by atoms with Crippen LogP contribution < -0.4 is 5.32 Å². The number of hydrogen-bond acceptors (Lipinski definition) is 2. The van der Waals surface area contributed by atoms with Gasteiger partial charge in [0, 0.05) is 6.54 Å². The van der Waals surface area contributed by atoms with Gasteiger partial charge in [0.1, 0.15) is 0 Å². The van der Waals surface area contributed by atoms with Crippen molar-refractivity contribution in [3.63, 3.8) is 0 Å². The van der Waals surface area contributed by atoms with Crippen LogP contribution in [0, 0.1) is 11.8 Å². The van der Waals surface area contributed by atoms with Gasteiger partial charge in [-0.25, -0.2) is 0 Å². The van der Waals surface area contributed by atoms with Crippen LogP contribution in [0.2, 0.25) is 0 Å². The van der Waals surface area contributed by atoms with Crippen LogP contribution >= 0.6 is 0 Å². The Bertz CT molecular complexity index is 212. The van der Waals surface area contributed by atoms with E-state index in [0.717, 1.165) is 18.8 Å². The molecule has 0 radical (unpaired) electrons. The Kier molecular flexibility index (Phi) is 5.73. The molecule has 0 aromatic carbocycles. The Labute approximate surface area is 101 Å². The van der Waals surface area contributed by atoms with E-state index >= 15 is 0 Å². The van der Waals surface area contributed by atoms with Gasteiger partial charge in [-0.3, -0.25) is 0 Å². The lowest BCUT2D eigenvalue weighted by molar-refractivity contribution is -0.201. The van der Waals surface area contributed by atoms with Crippen molar-refractivity contribution in [2.45, 2.75) is 51.3 Å². The third-order valence-electron chi connectivity index (χ3n) is 3.69. The van der Waals surface area contributed by atoms with Gasteiger partial charge in [-0.1, -0.05) is 26.2 Å². The Hall–Kier alpha value is -0.290. The van der Waals surface area contributed by atoms with Gasteiger partial charge in [-0.05, 0) is 31.2 Å². The molecule has 2 nitrogen and oxygen atoms in total. The first-order chi connectivity index (χ1) is 7.93. The number of halogens is 3. The minimum Gasteiger partial charge on any atom is -0.382 e. The van der Waals surface area contributed by atoms with E-state index in [4.69, 9.17) is 5.11 Å². The fourth-order valence-electron chi connectivity index (χ4n) is 2.38. The van der Waals surface area contributed by atoms with Crippen LogP contribution in [0.3, 0.4) is 0 Å². The van der Waals surface area contributed by atoms with Gasteiger partial charge in [0.2, 0.25) is 0 Å². The van der Waals surface area contributed by atoms with Gasteiger partial charge in [-0.2, -0.15) is 13.2 Å². The molecule has 1 aliphatic rings. The molecule has 0 saturated heterocycles. The van der Waals surface area contributed by atoms with Crippen molar-refractivity contribution in [3.05, 3.63) is 0 Å². The Morgan fingerprint density at radius 2 is 1.71 bits per heavy atom. The topological polar surface area (TPSA) is 32.3 Å². The molecule has 1 unspecified atom stereocenters. The summed E-state index contributed by atoms with van der Waals surface area (Å²) < 4.78 is 36.1. The number of rotatable bonds is 5. The molecule has 17 heavy (non-hydrogen) atoms. The average Bonchev–Trinajstić information content (AvgIpc) is 2.28. The largest absolute Gasteiger partial charge is 0.415 e. The highest BCUT2D eigenvalue weighted by molar-refractivity contribution is 4.75. The van der Waals surface area contributed by atoms with Crippen molar-refractivity contribution in [1.29, 1.82) is 0 Å². The van der Waals surface area contributed by atoms with Gasteiger partial charge < -0.3 is 10.4 Å². The van der Waals surface area contributed by atoms with Crippen LogP contribution in [0.5, 0.6) is 0 Å². The van der Waals surface area contributed by atoms with Gasteiger partial charge in [0.15, 0.2) is 6.10 Å². The lowest BCUT2D eigenvalue weighted by Crippen LogP contribution is -2.40. The Morgan fingerprint density at radius 1 is 1.18 bits per heavy atom. The molecule has 0 amide bonds.